The predicted molar refractivity (Wildman–Crippen MR) is 145 cm³/mol. The summed E-state index contributed by atoms with van der Waals surface area (Å²) >= 11 is 1.17. The molecule has 10 heteroatoms. The normalized spacial score (nSPS) is 19.3. The lowest BCUT2D eigenvalue weighted by Crippen LogP contribution is -2.40. The molecule has 2 atom stereocenters. The first-order valence-corrected chi connectivity index (χ1v) is 12.9. The maximum atomic E-state index is 13.9. The largest absolute Gasteiger partial charge is 0.496 e. The quantitative estimate of drug-likeness (QED) is 0.456. The number of rotatable bonds is 6. The van der Waals surface area contributed by atoms with E-state index in [0.29, 0.717) is 37.7 Å². The van der Waals surface area contributed by atoms with Crippen molar-refractivity contribution in [3.8, 4) is 5.75 Å². The van der Waals surface area contributed by atoms with Gasteiger partial charge in [0.25, 0.3) is 11.5 Å². The molecule has 0 spiro atoms. The standard InChI is InChI=1S/C28H26N4O5S/c1-5-37-27(35)23-17(3)29-28-31(24(23)19-13-9-10-14-21(19)36-4)26(34)22(38-28)15-20-16(2)30-32(25(20)33)18-11-7-6-8-12-18/h6-15,20,24H,5H2,1-4H3/b22-15+/t20-,24-/m0/s1. The third-order valence-electron chi connectivity index (χ3n) is 6.45. The fraction of sp³-hybridized carbons (Fsp3) is 0.250. The van der Waals surface area contributed by atoms with Crippen molar-refractivity contribution in [2.75, 3.05) is 18.7 Å². The second-order valence-corrected chi connectivity index (χ2v) is 9.78. The van der Waals surface area contributed by atoms with Crippen LogP contribution >= 0.6 is 11.3 Å². The summed E-state index contributed by atoms with van der Waals surface area (Å²) in [6.07, 6.45) is 1.64. The highest BCUT2D eigenvalue weighted by Crippen LogP contribution is 2.35. The molecular formula is C28H26N4O5S. The SMILES string of the molecule is CCOC(=O)C1=C(C)N=c2s/c(=C/[C@@H]3C(=O)N(c4ccccc4)N=C3C)c(=O)n2[C@H]1c1ccccc1OC. The number of hydrogen-bond donors (Lipinski definition) is 0. The van der Waals surface area contributed by atoms with Gasteiger partial charge in [0.15, 0.2) is 4.80 Å². The second-order valence-electron chi connectivity index (χ2n) is 8.77. The van der Waals surface area contributed by atoms with E-state index in [1.165, 1.54) is 28.0 Å². The average molecular weight is 531 g/mol. The molecule has 5 rings (SSSR count). The molecule has 3 aromatic rings. The van der Waals surface area contributed by atoms with Crippen molar-refractivity contribution in [1.82, 2.24) is 4.57 Å². The summed E-state index contributed by atoms with van der Waals surface area (Å²) in [4.78, 5) is 45.3. The van der Waals surface area contributed by atoms with Crippen LogP contribution in [0.2, 0.25) is 0 Å². The van der Waals surface area contributed by atoms with Gasteiger partial charge in [0, 0.05) is 5.56 Å². The number of esters is 1. The lowest BCUT2D eigenvalue weighted by molar-refractivity contribution is -0.139. The minimum atomic E-state index is -0.807. The van der Waals surface area contributed by atoms with Gasteiger partial charge in [0.05, 0.1) is 40.9 Å². The van der Waals surface area contributed by atoms with Gasteiger partial charge in [0.1, 0.15) is 17.7 Å². The van der Waals surface area contributed by atoms with Crippen LogP contribution in [-0.4, -0.2) is 35.9 Å². The highest BCUT2D eigenvalue weighted by molar-refractivity contribution is 7.07. The molecule has 0 unspecified atom stereocenters. The summed E-state index contributed by atoms with van der Waals surface area (Å²) < 4.78 is 12.7. The zero-order valence-electron chi connectivity index (χ0n) is 21.4. The van der Waals surface area contributed by atoms with Gasteiger partial charge < -0.3 is 9.47 Å². The van der Waals surface area contributed by atoms with Crippen molar-refractivity contribution in [2.45, 2.75) is 26.8 Å². The Hall–Kier alpha value is -4.31. The van der Waals surface area contributed by atoms with Crippen molar-refractivity contribution in [1.29, 1.82) is 0 Å². The minimum absolute atomic E-state index is 0.180. The average Bonchev–Trinajstić information content (AvgIpc) is 3.38. The number of fused-ring (bicyclic) bond motifs is 1. The van der Waals surface area contributed by atoms with Crippen molar-refractivity contribution < 1.29 is 19.1 Å². The number of anilines is 1. The molecule has 2 aromatic carbocycles. The summed E-state index contributed by atoms with van der Waals surface area (Å²) in [7, 11) is 1.54. The molecule has 9 nitrogen and oxygen atoms in total. The van der Waals surface area contributed by atoms with Gasteiger partial charge in [-0.1, -0.05) is 47.7 Å². The molecule has 3 heterocycles. The van der Waals surface area contributed by atoms with Gasteiger partial charge in [-0.15, -0.1) is 0 Å². The van der Waals surface area contributed by atoms with Crippen LogP contribution in [0, 0.1) is 5.92 Å². The zero-order chi connectivity index (χ0) is 27.0. The van der Waals surface area contributed by atoms with Crippen molar-refractivity contribution in [2.24, 2.45) is 16.0 Å². The number of para-hydroxylation sites is 2. The number of ether oxygens (including phenoxy) is 2. The van der Waals surface area contributed by atoms with Crippen LogP contribution in [0.1, 0.15) is 32.4 Å². The number of amides is 1. The molecule has 0 saturated carbocycles. The fourth-order valence-corrected chi connectivity index (χ4v) is 5.73. The molecule has 38 heavy (non-hydrogen) atoms. The molecule has 194 valence electrons. The Kier molecular flexibility index (Phi) is 6.81. The number of hydrogen-bond acceptors (Lipinski definition) is 8. The number of methoxy groups -OCH3 is 1. The van der Waals surface area contributed by atoms with Gasteiger partial charge in [0.2, 0.25) is 0 Å². The minimum Gasteiger partial charge on any atom is -0.496 e. The van der Waals surface area contributed by atoms with Gasteiger partial charge in [-0.3, -0.25) is 14.2 Å². The Balaban J connectivity index is 1.66. The van der Waals surface area contributed by atoms with Crippen LogP contribution in [0.15, 0.2) is 80.8 Å². The zero-order valence-corrected chi connectivity index (χ0v) is 22.2. The highest BCUT2D eigenvalue weighted by atomic mass is 32.1. The first-order valence-electron chi connectivity index (χ1n) is 12.1. The fourth-order valence-electron chi connectivity index (χ4n) is 4.67. The van der Waals surface area contributed by atoms with Crippen LogP contribution in [-0.2, 0) is 14.3 Å². The van der Waals surface area contributed by atoms with Gasteiger partial charge in [-0.25, -0.2) is 9.79 Å². The number of thiazole rings is 1. The maximum Gasteiger partial charge on any atom is 0.338 e. The Morgan fingerprint density at radius 2 is 1.79 bits per heavy atom. The van der Waals surface area contributed by atoms with Crippen molar-refractivity contribution in [3.05, 3.63) is 91.1 Å². The van der Waals surface area contributed by atoms with E-state index in [2.05, 4.69) is 10.1 Å². The molecule has 0 saturated heterocycles. The Morgan fingerprint density at radius 3 is 2.50 bits per heavy atom. The first-order chi connectivity index (χ1) is 18.3. The molecule has 2 aliphatic heterocycles. The summed E-state index contributed by atoms with van der Waals surface area (Å²) in [6.45, 7) is 5.39. The van der Waals surface area contributed by atoms with Gasteiger partial charge in [-0.2, -0.15) is 10.1 Å². The van der Waals surface area contributed by atoms with E-state index < -0.39 is 17.9 Å². The molecule has 1 amide bonds. The van der Waals surface area contributed by atoms with E-state index in [9.17, 15) is 14.4 Å². The molecule has 0 N–H and O–H groups in total. The van der Waals surface area contributed by atoms with E-state index in [4.69, 9.17) is 9.47 Å². The molecule has 0 fully saturated rings. The summed E-state index contributed by atoms with van der Waals surface area (Å²) in [6, 6.07) is 15.6. The molecular weight excluding hydrogens is 504 g/mol. The van der Waals surface area contributed by atoms with E-state index in [1.807, 2.05) is 36.4 Å². The molecule has 2 aliphatic rings. The molecule has 1 aromatic heterocycles. The van der Waals surface area contributed by atoms with E-state index in [1.54, 1.807) is 45.0 Å². The van der Waals surface area contributed by atoms with E-state index in [-0.39, 0.29) is 23.6 Å². The third-order valence-corrected chi connectivity index (χ3v) is 7.45. The van der Waals surface area contributed by atoms with Crippen molar-refractivity contribution in [3.63, 3.8) is 0 Å². The number of benzene rings is 2. The van der Waals surface area contributed by atoms with Gasteiger partial charge in [-0.05, 0) is 45.0 Å². The third kappa shape index (κ3) is 4.26. The number of hydrazone groups is 1. The molecule has 0 aliphatic carbocycles. The number of carbonyl (C=O) groups excluding carboxylic acids is 2. The topological polar surface area (TPSA) is 103 Å². The van der Waals surface area contributed by atoms with Crippen molar-refractivity contribution >= 4 is 40.7 Å². The summed E-state index contributed by atoms with van der Waals surface area (Å²) in [5.74, 6) is -0.974. The number of allylic oxidation sites excluding steroid dienone is 1. The highest BCUT2D eigenvalue weighted by Gasteiger charge is 2.36. The monoisotopic (exact) mass is 530 g/mol. The van der Waals surface area contributed by atoms with E-state index in [0.717, 1.165) is 0 Å². The number of nitrogens with zero attached hydrogens (tertiary/aromatic N) is 4. The maximum absolute atomic E-state index is 13.9. The Labute approximate surface area is 222 Å². The Morgan fingerprint density at radius 1 is 1.08 bits per heavy atom. The first kappa shape index (κ1) is 25.3. The lowest BCUT2D eigenvalue weighted by atomic mass is 9.95. The van der Waals surface area contributed by atoms with Gasteiger partial charge >= 0.3 is 5.97 Å². The second kappa shape index (κ2) is 10.2. The number of aromatic nitrogens is 1. The van der Waals surface area contributed by atoms with E-state index >= 15 is 0 Å². The van der Waals surface area contributed by atoms with Crippen LogP contribution in [0.4, 0.5) is 5.69 Å². The van der Waals surface area contributed by atoms with Crippen LogP contribution in [0.3, 0.4) is 0 Å². The molecule has 0 radical (unpaired) electrons. The Bertz CT molecular complexity index is 1670. The summed E-state index contributed by atoms with van der Waals surface area (Å²) in [5, 5.41) is 5.79. The predicted octanol–water partition coefficient (Wildman–Crippen LogP) is 2.80. The molecule has 0 bridgehead atoms. The van der Waals surface area contributed by atoms with Crippen LogP contribution in [0.25, 0.3) is 6.08 Å². The summed E-state index contributed by atoms with van der Waals surface area (Å²) in [5.41, 5.74) is 2.22. The van der Waals surface area contributed by atoms with Crippen LogP contribution in [0.5, 0.6) is 5.75 Å². The smallest absolute Gasteiger partial charge is 0.338 e. The lowest BCUT2D eigenvalue weighted by Gasteiger charge is -2.25. The number of carbonyl (C=O) groups is 2. The van der Waals surface area contributed by atoms with Crippen LogP contribution < -0.4 is 24.6 Å².